The number of thiazole rings is 1. The van der Waals surface area contributed by atoms with Crippen LogP contribution in [0.5, 0.6) is 0 Å². The second-order valence-corrected chi connectivity index (χ2v) is 9.78. The van der Waals surface area contributed by atoms with Gasteiger partial charge in [-0.3, -0.25) is 0 Å². The van der Waals surface area contributed by atoms with Crippen LogP contribution in [0.15, 0.2) is 22.5 Å². The van der Waals surface area contributed by atoms with Crippen molar-refractivity contribution < 1.29 is 29.3 Å². The van der Waals surface area contributed by atoms with Gasteiger partial charge in [-0.05, 0) is 31.0 Å². The molecule has 7 nitrogen and oxygen atoms in total. The minimum absolute atomic E-state index is 0.0213. The molecule has 31 heavy (non-hydrogen) atoms. The van der Waals surface area contributed by atoms with E-state index in [1.54, 1.807) is 18.2 Å². The average molecular weight is 466 g/mol. The lowest BCUT2D eigenvalue weighted by molar-refractivity contribution is -0.335. The van der Waals surface area contributed by atoms with Crippen molar-refractivity contribution in [2.45, 2.75) is 56.7 Å². The third-order valence-corrected chi connectivity index (χ3v) is 7.73. The predicted molar refractivity (Wildman–Crippen MR) is 117 cm³/mol. The third kappa shape index (κ3) is 5.98. The van der Waals surface area contributed by atoms with Gasteiger partial charge in [-0.2, -0.15) is 0 Å². The number of esters is 1. The topological polar surface area (TPSA) is 119 Å². The molecule has 170 valence electrons. The summed E-state index contributed by atoms with van der Waals surface area (Å²) in [6, 6.07) is 4.99. The van der Waals surface area contributed by atoms with Crippen LogP contribution < -0.4 is 10.2 Å². The Labute approximate surface area is 190 Å². The molecule has 0 aliphatic heterocycles. The van der Waals surface area contributed by atoms with E-state index in [0.717, 1.165) is 17.5 Å². The second-order valence-electron chi connectivity index (χ2n) is 7.49. The van der Waals surface area contributed by atoms with Crippen LogP contribution in [0.25, 0.3) is 10.2 Å². The number of benzene rings is 1. The molecule has 0 saturated heterocycles. The minimum Gasteiger partial charge on any atom is -0.550 e. The number of carbonyl (C=O) groups is 3. The van der Waals surface area contributed by atoms with Crippen LogP contribution >= 0.6 is 23.1 Å². The molecule has 1 unspecified atom stereocenters. The van der Waals surface area contributed by atoms with Gasteiger partial charge in [-0.1, -0.05) is 51.3 Å². The van der Waals surface area contributed by atoms with Crippen LogP contribution in [-0.2, 0) is 14.3 Å². The van der Waals surface area contributed by atoms with Crippen molar-refractivity contribution in [2.75, 3.05) is 12.9 Å². The number of nitrogens with zero attached hydrogens (tertiary/aromatic N) is 1. The number of hydrogen-bond acceptors (Lipinski definition) is 9. The second kappa shape index (κ2) is 11.5. The summed E-state index contributed by atoms with van der Waals surface area (Å²) in [5, 5.41) is 24.2. The fraction of sp³-hybridized carbons (Fsp3) is 0.545. The van der Waals surface area contributed by atoms with Crippen LogP contribution in [0, 0.1) is 11.3 Å². The molecule has 1 heterocycles. The zero-order valence-electron chi connectivity index (χ0n) is 18.0. The van der Waals surface area contributed by atoms with Gasteiger partial charge in [0.05, 0.1) is 22.9 Å². The smallest absolute Gasteiger partial charge is 0.337 e. The third-order valence-electron chi connectivity index (χ3n) is 5.47. The number of carbonyl (C=O) groups excluding carboxylic acids is 3. The summed E-state index contributed by atoms with van der Waals surface area (Å²) in [7, 11) is 1.31. The van der Waals surface area contributed by atoms with Gasteiger partial charge in [0, 0.05) is 29.0 Å². The molecule has 1 aromatic heterocycles. The molecule has 0 spiro atoms. The van der Waals surface area contributed by atoms with Crippen LogP contribution in [0.1, 0.15) is 62.7 Å². The standard InChI is InChI=1S/C22H29NO6S2/c1-4-6-10-22(20(27)28,11-7-5-2)15(18(24)25)13-30-21-23-16-9-8-14(19(26)29-3)12-17(16)31-21/h8-9,12,15H,4-7,10-11,13H2,1-3H3,(H,24,25)(H,27,28)/p-2. The molecule has 0 N–H and O–H groups in total. The molecule has 1 aromatic carbocycles. The summed E-state index contributed by atoms with van der Waals surface area (Å²) < 4.78 is 6.09. The van der Waals surface area contributed by atoms with Gasteiger partial charge < -0.3 is 24.5 Å². The summed E-state index contributed by atoms with van der Waals surface area (Å²) in [6.45, 7) is 3.87. The first-order valence-corrected chi connectivity index (χ1v) is 12.1. The van der Waals surface area contributed by atoms with Crippen LogP contribution in [0.2, 0.25) is 0 Å². The van der Waals surface area contributed by atoms with Gasteiger partial charge in [0.25, 0.3) is 0 Å². The van der Waals surface area contributed by atoms with E-state index in [0.29, 0.717) is 28.3 Å². The Kier molecular flexibility index (Phi) is 9.31. The van der Waals surface area contributed by atoms with E-state index >= 15 is 0 Å². The van der Waals surface area contributed by atoms with E-state index in [1.807, 2.05) is 13.8 Å². The monoisotopic (exact) mass is 465 g/mol. The van der Waals surface area contributed by atoms with Crippen molar-refractivity contribution in [3.05, 3.63) is 23.8 Å². The average Bonchev–Trinajstić information content (AvgIpc) is 3.16. The number of carboxylic acids is 2. The largest absolute Gasteiger partial charge is 0.550 e. The highest BCUT2D eigenvalue weighted by Crippen LogP contribution is 2.42. The van der Waals surface area contributed by atoms with E-state index in [4.69, 9.17) is 4.74 Å². The maximum Gasteiger partial charge on any atom is 0.337 e. The molecule has 1 atom stereocenters. The number of fused-ring (bicyclic) bond motifs is 1. The molecule has 0 fully saturated rings. The highest BCUT2D eigenvalue weighted by Gasteiger charge is 2.40. The molecule has 2 rings (SSSR count). The highest BCUT2D eigenvalue weighted by atomic mass is 32.2. The van der Waals surface area contributed by atoms with Gasteiger partial charge in [0.2, 0.25) is 0 Å². The number of thioether (sulfide) groups is 1. The van der Waals surface area contributed by atoms with Gasteiger partial charge in [-0.25, -0.2) is 9.78 Å². The summed E-state index contributed by atoms with van der Waals surface area (Å²) in [6.07, 6.45) is 3.21. The number of aromatic nitrogens is 1. The zero-order valence-corrected chi connectivity index (χ0v) is 19.6. The Balaban J connectivity index is 2.29. The molecule has 0 amide bonds. The molecular formula is C22H27NO6S2-2. The number of aliphatic carboxylic acids is 2. The molecular weight excluding hydrogens is 438 g/mol. The van der Waals surface area contributed by atoms with Crippen molar-refractivity contribution in [1.82, 2.24) is 4.98 Å². The van der Waals surface area contributed by atoms with Crippen molar-refractivity contribution in [2.24, 2.45) is 11.3 Å². The molecule has 0 aliphatic rings. The lowest BCUT2D eigenvalue weighted by Gasteiger charge is -2.42. The summed E-state index contributed by atoms with van der Waals surface area (Å²) >= 11 is 2.51. The van der Waals surface area contributed by atoms with Crippen LogP contribution in [0.3, 0.4) is 0 Å². The SMILES string of the molecule is CCCCC(CCCC)(C(=O)[O-])C(CSc1nc2ccc(C(=O)OC)cc2s1)C(=O)[O-]. The van der Waals surface area contributed by atoms with Gasteiger partial charge in [-0.15, -0.1) is 11.3 Å². The Bertz CT molecular complexity index is 918. The Morgan fingerprint density at radius 3 is 2.32 bits per heavy atom. The number of unbranched alkanes of at least 4 members (excludes halogenated alkanes) is 2. The maximum absolute atomic E-state index is 12.2. The molecule has 9 heteroatoms. The van der Waals surface area contributed by atoms with Crippen molar-refractivity contribution >= 4 is 51.2 Å². The number of methoxy groups -OCH3 is 1. The van der Waals surface area contributed by atoms with Crippen LogP contribution in [-0.4, -0.2) is 35.8 Å². The molecule has 0 aliphatic carbocycles. The van der Waals surface area contributed by atoms with Crippen molar-refractivity contribution in [1.29, 1.82) is 0 Å². The van der Waals surface area contributed by atoms with Gasteiger partial charge in [0.1, 0.15) is 0 Å². The quantitative estimate of drug-likeness (QED) is 0.327. The zero-order chi connectivity index (χ0) is 23.0. The van der Waals surface area contributed by atoms with Crippen molar-refractivity contribution in [3.8, 4) is 0 Å². The van der Waals surface area contributed by atoms with Crippen LogP contribution in [0.4, 0.5) is 0 Å². The van der Waals surface area contributed by atoms with Crippen molar-refractivity contribution in [3.63, 3.8) is 0 Å². The fourth-order valence-corrected chi connectivity index (χ4v) is 5.99. The lowest BCUT2D eigenvalue weighted by atomic mass is 9.69. The predicted octanol–water partition coefficient (Wildman–Crippen LogP) is 2.66. The van der Waals surface area contributed by atoms with E-state index in [9.17, 15) is 24.6 Å². The first kappa shape index (κ1) is 25.1. The number of carboxylic acid groups (broad SMARTS) is 2. The van der Waals surface area contributed by atoms with E-state index < -0.39 is 29.2 Å². The molecule has 0 bridgehead atoms. The summed E-state index contributed by atoms with van der Waals surface area (Å²) in [5.74, 6) is -4.33. The summed E-state index contributed by atoms with van der Waals surface area (Å²) in [4.78, 5) is 40.4. The highest BCUT2D eigenvalue weighted by molar-refractivity contribution is 8.01. The van der Waals surface area contributed by atoms with E-state index in [2.05, 4.69) is 4.98 Å². The minimum atomic E-state index is -1.47. The lowest BCUT2D eigenvalue weighted by Crippen LogP contribution is -2.54. The van der Waals surface area contributed by atoms with E-state index in [-0.39, 0.29) is 18.6 Å². The maximum atomic E-state index is 12.2. The Morgan fingerprint density at radius 1 is 1.16 bits per heavy atom. The number of hydrogen-bond donors (Lipinski definition) is 0. The molecule has 0 saturated carbocycles. The van der Waals surface area contributed by atoms with Gasteiger partial charge >= 0.3 is 5.97 Å². The molecule has 2 aromatic rings. The fourth-order valence-electron chi connectivity index (χ4n) is 3.62. The number of rotatable bonds is 13. The molecule has 0 radical (unpaired) electrons. The number of ether oxygens (including phenoxy) is 1. The van der Waals surface area contributed by atoms with E-state index in [1.165, 1.54) is 30.2 Å². The Hall–Kier alpha value is -2.13. The first-order valence-electron chi connectivity index (χ1n) is 10.3. The van der Waals surface area contributed by atoms with Gasteiger partial charge in [0.15, 0.2) is 4.34 Å². The first-order chi connectivity index (χ1) is 14.8. The normalized spacial score (nSPS) is 12.6. The summed E-state index contributed by atoms with van der Waals surface area (Å²) in [5.41, 5.74) is -0.391. The Morgan fingerprint density at radius 2 is 1.81 bits per heavy atom.